The van der Waals surface area contributed by atoms with Gasteiger partial charge in [0.1, 0.15) is 0 Å². The molecule has 0 aromatic carbocycles. The molecule has 0 aliphatic carbocycles. The first kappa shape index (κ1) is 16.6. The van der Waals surface area contributed by atoms with Gasteiger partial charge in [0.2, 0.25) is 11.8 Å². The summed E-state index contributed by atoms with van der Waals surface area (Å²) >= 11 is 1.43. The van der Waals surface area contributed by atoms with E-state index in [4.69, 9.17) is 0 Å². The molecule has 2 aromatic heterocycles. The molecule has 1 N–H and O–H groups in total. The number of amides is 2. The topological polar surface area (TPSA) is 80.1 Å². The lowest BCUT2D eigenvalue weighted by atomic mass is 9.85. The summed E-state index contributed by atoms with van der Waals surface area (Å²) in [6.07, 6.45) is 5.33. The number of hydrogen-bond donors (Lipinski definition) is 1. The van der Waals surface area contributed by atoms with Crippen LogP contribution in [0.2, 0.25) is 0 Å². The van der Waals surface area contributed by atoms with Crippen LogP contribution in [0, 0.1) is 5.92 Å². The van der Waals surface area contributed by atoms with Gasteiger partial charge in [-0.15, -0.1) is 11.3 Å². The summed E-state index contributed by atoms with van der Waals surface area (Å²) in [5, 5.41) is 9.65. The molecular weight excluding hydrogens is 326 g/mol. The Morgan fingerprint density at radius 3 is 2.88 bits per heavy atom. The Bertz CT molecular complexity index is 753. The Balaban J connectivity index is 1.83. The van der Waals surface area contributed by atoms with Gasteiger partial charge in [-0.1, -0.05) is 6.92 Å². The molecular formula is C16H21N5O2S. The average molecular weight is 347 g/mol. The highest BCUT2D eigenvalue weighted by Crippen LogP contribution is 2.36. The predicted octanol–water partition coefficient (Wildman–Crippen LogP) is 1.99. The number of piperidine rings is 1. The Hall–Kier alpha value is -2.22. The number of carbonyl (C=O) groups is 2. The fourth-order valence-corrected chi connectivity index (χ4v) is 3.88. The number of rotatable bonds is 4. The number of likely N-dealkylation sites (tertiary alicyclic amines) is 1. The standard InChI is InChI=1S/C16H21N5O2S/c1-4-11-9-24-16(18-11)19-15(23)12-5-6-13(22)21(3)14(12)10-7-17-20(2)8-10/h7-9,12,14H,4-6H2,1-3H3,(H,18,19,23). The molecule has 8 heteroatoms. The number of anilines is 1. The van der Waals surface area contributed by atoms with Crippen LogP contribution < -0.4 is 5.32 Å². The Labute approximate surface area is 144 Å². The molecule has 1 saturated heterocycles. The number of aromatic nitrogens is 3. The van der Waals surface area contributed by atoms with E-state index in [1.165, 1.54) is 11.3 Å². The van der Waals surface area contributed by atoms with Crippen molar-refractivity contribution >= 4 is 28.3 Å². The zero-order chi connectivity index (χ0) is 17.3. The molecule has 3 rings (SSSR count). The first-order valence-electron chi connectivity index (χ1n) is 7.99. The van der Waals surface area contributed by atoms with Crippen LogP contribution in [0.15, 0.2) is 17.8 Å². The number of thiazole rings is 1. The minimum atomic E-state index is -0.314. The Morgan fingerprint density at radius 1 is 1.46 bits per heavy atom. The SMILES string of the molecule is CCc1csc(NC(=O)C2CCC(=O)N(C)C2c2cnn(C)c2)n1. The van der Waals surface area contributed by atoms with E-state index < -0.39 is 0 Å². The van der Waals surface area contributed by atoms with Crippen molar-refractivity contribution in [2.24, 2.45) is 13.0 Å². The van der Waals surface area contributed by atoms with Crippen LogP contribution in [-0.2, 0) is 23.1 Å². The van der Waals surface area contributed by atoms with Gasteiger partial charge in [-0.25, -0.2) is 4.98 Å². The second-order valence-electron chi connectivity index (χ2n) is 6.03. The highest BCUT2D eigenvalue weighted by atomic mass is 32.1. The van der Waals surface area contributed by atoms with Crippen molar-refractivity contribution in [2.45, 2.75) is 32.2 Å². The summed E-state index contributed by atoms with van der Waals surface area (Å²) in [5.74, 6) is -0.360. The summed E-state index contributed by atoms with van der Waals surface area (Å²) in [6.45, 7) is 2.03. The van der Waals surface area contributed by atoms with Gasteiger partial charge in [0.25, 0.3) is 0 Å². The zero-order valence-electron chi connectivity index (χ0n) is 14.0. The van der Waals surface area contributed by atoms with Gasteiger partial charge >= 0.3 is 0 Å². The second kappa shape index (κ2) is 6.72. The molecule has 3 heterocycles. The van der Waals surface area contributed by atoms with Crippen molar-refractivity contribution in [3.8, 4) is 0 Å². The third kappa shape index (κ3) is 3.19. The molecule has 0 saturated carbocycles. The molecule has 1 aliphatic rings. The molecule has 2 atom stereocenters. The van der Waals surface area contributed by atoms with E-state index in [-0.39, 0.29) is 23.8 Å². The molecule has 0 bridgehead atoms. The molecule has 2 unspecified atom stereocenters. The Kier molecular flexibility index (Phi) is 4.66. The number of carbonyl (C=O) groups excluding carboxylic acids is 2. The first-order valence-corrected chi connectivity index (χ1v) is 8.87. The van der Waals surface area contributed by atoms with Gasteiger partial charge in [-0.2, -0.15) is 5.10 Å². The maximum atomic E-state index is 12.8. The number of hydrogen-bond acceptors (Lipinski definition) is 5. The third-order valence-corrected chi connectivity index (χ3v) is 5.21. The number of nitrogens with one attached hydrogen (secondary N) is 1. The van der Waals surface area contributed by atoms with Crippen LogP contribution in [-0.4, -0.2) is 38.5 Å². The molecule has 1 fully saturated rings. The second-order valence-corrected chi connectivity index (χ2v) is 6.89. The quantitative estimate of drug-likeness (QED) is 0.917. The number of aryl methyl sites for hydroxylation is 2. The minimum absolute atomic E-state index is 0.0513. The number of nitrogens with zero attached hydrogens (tertiary/aromatic N) is 4. The van der Waals surface area contributed by atoms with Crippen molar-refractivity contribution < 1.29 is 9.59 Å². The van der Waals surface area contributed by atoms with Gasteiger partial charge in [0.15, 0.2) is 5.13 Å². The van der Waals surface area contributed by atoms with E-state index in [0.717, 1.165) is 17.7 Å². The molecule has 24 heavy (non-hydrogen) atoms. The summed E-state index contributed by atoms with van der Waals surface area (Å²) in [6, 6.07) is -0.300. The van der Waals surface area contributed by atoms with Crippen molar-refractivity contribution in [3.05, 3.63) is 29.0 Å². The smallest absolute Gasteiger partial charge is 0.231 e. The van der Waals surface area contributed by atoms with Gasteiger partial charge in [-0.3, -0.25) is 14.3 Å². The van der Waals surface area contributed by atoms with Crippen molar-refractivity contribution in [2.75, 3.05) is 12.4 Å². The zero-order valence-corrected chi connectivity index (χ0v) is 14.8. The Morgan fingerprint density at radius 2 is 2.25 bits per heavy atom. The average Bonchev–Trinajstić information content (AvgIpc) is 3.18. The van der Waals surface area contributed by atoms with Gasteiger partial charge in [0.05, 0.1) is 23.9 Å². The lowest BCUT2D eigenvalue weighted by molar-refractivity contribution is -0.140. The van der Waals surface area contributed by atoms with Crippen LogP contribution in [0.4, 0.5) is 5.13 Å². The van der Waals surface area contributed by atoms with E-state index in [1.807, 2.05) is 25.5 Å². The lowest BCUT2D eigenvalue weighted by Crippen LogP contribution is -2.44. The molecule has 0 radical (unpaired) electrons. The van der Waals surface area contributed by atoms with E-state index in [1.54, 1.807) is 22.8 Å². The van der Waals surface area contributed by atoms with Crippen LogP contribution >= 0.6 is 11.3 Å². The molecule has 7 nitrogen and oxygen atoms in total. The van der Waals surface area contributed by atoms with Gasteiger partial charge in [-0.05, 0) is 12.8 Å². The largest absolute Gasteiger partial charge is 0.338 e. The lowest BCUT2D eigenvalue weighted by Gasteiger charge is -2.37. The minimum Gasteiger partial charge on any atom is -0.338 e. The predicted molar refractivity (Wildman–Crippen MR) is 91.6 cm³/mol. The molecule has 0 spiro atoms. The van der Waals surface area contributed by atoms with E-state index in [9.17, 15) is 9.59 Å². The maximum absolute atomic E-state index is 12.8. The highest BCUT2D eigenvalue weighted by molar-refractivity contribution is 7.13. The molecule has 2 aromatic rings. The van der Waals surface area contributed by atoms with E-state index in [2.05, 4.69) is 15.4 Å². The third-order valence-electron chi connectivity index (χ3n) is 4.41. The summed E-state index contributed by atoms with van der Waals surface area (Å²) in [4.78, 5) is 31.0. The fourth-order valence-electron chi connectivity index (χ4n) is 3.09. The van der Waals surface area contributed by atoms with Crippen molar-refractivity contribution in [3.63, 3.8) is 0 Å². The van der Waals surface area contributed by atoms with Crippen LogP contribution in [0.5, 0.6) is 0 Å². The van der Waals surface area contributed by atoms with Crippen molar-refractivity contribution in [1.29, 1.82) is 0 Å². The highest BCUT2D eigenvalue weighted by Gasteiger charge is 2.39. The molecule has 1 aliphatic heterocycles. The molecule has 128 valence electrons. The monoisotopic (exact) mass is 347 g/mol. The molecule has 2 amide bonds. The van der Waals surface area contributed by atoms with E-state index in [0.29, 0.717) is 18.0 Å². The van der Waals surface area contributed by atoms with Gasteiger partial charge < -0.3 is 10.2 Å². The fraction of sp³-hybridized carbons (Fsp3) is 0.500. The van der Waals surface area contributed by atoms with Crippen LogP contribution in [0.3, 0.4) is 0 Å². The van der Waals surface area contributed by atoms with E-state index >= 15 is 0 Å². The summed E-state index contributed by atoms with van der Waals surface area (Å²) in [7, 11) is 3.57. The summed E-state index contributed by atoms with van der Waals surface area (Å²) in [5.41, 5.74) is 1.84. The van der Waals surface area contributed by atoms with Crippen LogP contribution in [0.25, 0.3) is 0 Å². The maximum Gasteiger partial charge on any atom is 0.231 e. The normalized spacial score (nSPS) is 21.1. The summed E-state index contributed by atoms with van der Waals surface area (Å²) < 4.78 is 1.69. The van der Waals surface area contributed by atoms with Gasteiger partial charge in [0, 0.05) is 37.7 Å². The first-order chi connectivity index (χ1) is 11.5. The van der Waals surface area contributed by atoms with Crippen LogP contribution in [0.1, 0.15) is 37.1 Å². The van der Waals surface area contributed by atoms with Crippen molar-refractivity contribution in [1.82, 2.24) is 19.7 Å².